The molecule has 1 aliphatic rings. The Labute approximate surface area is 121 Å². The highest BCUT2D eigenvalue weighted by Gasteiger charge is 2.35. The van der Waals surface area contributed by atoms with Crippen molar-refractivity contribution < 1.29 is 4.74 Å². The maximum atomic E-state index is 6.65. The Hall–Kier alpha value is -0.730. The molecule has 0 aromatic heterocycles. The van der Waals surface area contributed by atoms with Crippen LogP contribution in [0.5, 0.6) is 5.75 Å². The van der Waals surface area contributed by atoms with Crippen LogP contribution in [0.1, 0.15) is 38.7 Å². The molecule has 1 saturated carbocycles. The molecule has 2 rings (SSSR count). The molecule has 2 atom stereocenters. The van der Waals surface area contributed by atoms with Gasteiger partial charge in [0.25, 0.3) is 0 Å². The van der Waals surface area contributed by atoms with E-state index < -0.39 is 0 Å². The van der Waals surface area contributed by atoms with Crippen LogP contribution >= 0.6 is 11.6 Å². The van der Waals surface area contributed by atoms with Crippen LogP contribution in [-0.2, 0) is 6.42 Å². The Morgan fingerprint density at radius 3 is 2.53 bits per heavy atom. The maximum Gasteiger partial charge on any atom is 0.122 e. The molecular weight excluding hydrogens is 258 g/mol. The zero-order valence-corrected chi connectivity index (χ0v) is 12.8. The monoisotopic (exact) mass is 281 g/mol. The molecular formula is C16H24ClNO. The quantitative estimate of drug-likeness (QED) is 0.907. The van der Waals surface area contributed by atoms with Gasteiger partial charge in [0.2, 0.25) is 0 Å². The number of rotatable bonds is 3. The van der Waals surface area contributed by atoms with Crippen LogP contribution in [0, 0.1) is 11.8 Å². The molecule has 19 heavy (non-hydrogen) atoms. The van der Waals surface area contributed by atoms with Crippen LogP contribution in [0.3, 0.4) is 0 Å². The van der Waals surface area contributed by atoms with Crippen LogP contribution in [-0.4, -0.2) is 12.6 Å². The van der Waals surface area contributed by atoms with Gasteiger partial charge < -0.3 is 10.5 Å². The minimum absolute atomic E-state index is 0.130. The lowest BCUT2D eigenvalue weighted by Crippen LogP contribution is -2.48. The third-order valence-electron chi connectivity index (χ3n) is 4.10. The molecule has 2 nitrogen and oxygen atoms in total. The van der Waals surface area contributed by atoms with Gasteiger partial charge in [0.15, 0.2) is 0 Å². The first-order valence-corrected chi connectivity index (χ1v) is 7.41. The molecule has 0 radical (unpaired) electrons. The van der Waals surface area contributed by atoms with Crippen LogP contribution in [0.4, 0.5) is 0 Å². The lowest BCUT2D eigenvalue weighted by molar-refractivity contribution is 0.181. The Bertz CT molecular complexity index is 436. The van der Waals surface area contributed by atoms with Crippen molar-refractivity contribution in [3.63, 3.8) is 0 Å². The Morgan fingerprint density at radius 1 is 1.32 bits per heavy atom. The molecule has 0 saturated heterocycles. The largest absolute Gasteiger partial charge is 0.496 e. The molecule has 3 heteroatoms. The predicted molar refractivity (Wildman–Crippen MR) is 80.8 cm³/mol. The first-order chi connectivity index (χ1) is 8.92. The number of halogens is 1. The zero-order valence-electron chi connectivity index (χ0n) is 12.1. The zero-order chi connectivity index (χ0) is 14.0. The minimum Gasteiger partial charge on any atom is -0.496 e. The van der Waals surface area contributed by atoms with E-state index in [1.165, 1.54) is 6.42 Å². The van der Waals surface area contributed by atoms with Crippen molar-refractivity contribution in [1.29, 1.82) is 0 Å². The predicted octanol–water partition coefficient (Wildman–Crippen LogP) is 4.04. The summed E-state index contributed by atoms with van der Waals surface area (Å²) in [5.41, 5.74) is 7.64. The summed E-state index contributed by atoms with van der Waals surface area (Å²) in [4.78, 5) is 0. The van der Waals surface area contributed by atoms with E-state index in [4.69, 9.17) is 22.1 Å². The molecule has 2 N–H and O–H groups in total. The number of methoxy groups -OCH3 is 1. The van der Waals surface area contributed by atoms with Gasteiger partial charge in [-0.3, -0.25) is 0 Å². The van der Waals surface area contributed by atoms with Gasteiger partial charge in [0, 0.05) is 10.6 Å². The first-order valence-electron chi connectivity index (χ1n) is 7.03. The summed E-state index contributed by atoms with van der Waals surface area (Å²) < 4.78 is 5.43. The summed E-state index contributed by atoms with van der Waals surface area (Å²) in [6.45, 7) is 4.60. The second kappa shape index (κ2) is 5.72. The highest BCUT2D eigenvalue weighted by Crippen LogP contribution is 2.38. The average molecular weight is 282 g/mol. The van der Waals surface area contributed by atoms with Crippen molar-refractivity contribution in [2.45, 2.75) is 45.1 Å². The van der Waals surface area contributed by atoms with Crippen molar-refractivity contribution in [2.24, 2.45) is 17.6 Å². The third-order valence-corrected chi connectivity index (χ3v) is 4.33. The molecule has 1 aromatic rings. The van der Waals surface area contributed by atoms with Gasteiger partial charge in [0.05, 0.1) is 7.11 Å². The van der Waals surface area contributed by atoms with Gasteiger partial charge in [-0.1, -0.05) is 25.4 Å². The molecule has 1 fully saturated rings. The standard InChI is InChI=1S/C16H24ClNO/c1-11-6-12(2)9-16(18,8-11)10-13-7-14(17)4-5-15(13)19-3/h4-5,7,11-12H,6,8-10,18H2,1-3H3. The lowest BCUT2D eigenvalue weighted by Gasteiger charge is -2.40. The second-order valence-electron chi connectivity index (χ2n) is 6.35. The van der Waals surface area contributed by atoms with Crippen LogP contribution in [0.15, 0.2) is 18.2 Å². The molecule has 0 bridgehead atoms. The number of nitrogens with two attached hydrogens (primary N) is 1. The van der Waals surface area contributed by atoms with Gasteiger partial charge in [-0.25, -0.2) is 0 Å². The van der Waals surface area contributed by atoms with Gasteiger partial charge in [-0.2, -0.15) is 0 Å². The van der Waals surface area contributed by atoms with Crippen LogP contribution < -0.4 is 10.5 Å². The molecule has 1 aliphatic carbocycles. The van der Waals surface area contributed by atoms with E-state index in [0.29, 0.717) is 11.8 Å². The highest BCUT2D eigenvalue weighted by atomic mass is 35.5. The van der Waals surface area contributed by atoms with Gasteiger partial charge in [-0.05, 0) is 61.3 Å². The van der Waals surface area contributed by atoms with Crippen molar-refractivity contribution in [3.8, 4) is 5.75 Å². The summed E-state index contributed by atoms with van der Waals surface area (Å²) in [6, 6.07) is 5.77. The molecule has 0 spiro atoms. The summed E-state index contributed by atoms with van der Waals surface area (Å²) in [5.74, 6) is 2.28. The van der Waals surface area contributed by atoms with E-state index in [2.05, 4.69) is 13.8 Å². The highest BCUT2D eigenvalue weighted by molar-refractivity contribution is 6.30. The fraction of sp³-hybridized carbons (Fsp3) is 0.625. The smallest absolute Gasteiger partial charge is 0.122 e. The number of ether oxygens (including phenoxy) is 1. The molecule has 106 valence electrons. The fourth-order valence-electron chi connectivity index (χ4n) is 3.73. The summed E-state index contributed by atoms with van der Waals surface area (Å²) >= 11 is 6.10. The number of benzene rings is 1. The van der Waals surface area contributed by atoms with Crippen molar-refractivity contribution in [2.75, 3.05) is 7.11 Å². The normalized spacial score (nSPS) is 31.2. The molecule has 1 aromatic carbocycles. The Balaban J connectivity index is 2.21. The van der Waals surface area contributed by atoms with Gasteiger partial charge in [-0.15, -0.1) is 0 Å². The Kier molecular flexibility index (Phi) is 4.42. The summed E-state index contributed by atoms with van der Waals surface area (Å²) in [5, 5.41) is 0.747. The number of hydrogen-bond donors (Lipinski definition) is 1. The molecule has 0 aliphatic heterocycles. The van der Waals surface area contributed by atoms with Crippen molar-refractivity contribution in [1.82, 2.24) is 0 Å². The average Bonchev–Trinajstić information content (AvgIpc) is 2.26. The van der Waals surface area contributed by atoms with Crippen LogP contribution in [0.25, 0.3) is 0 Å². The maximum absolute atomic E-state index is 6.65. The van der Waals surface area contributed by atoms with Crippen molar-refractivity contribution >= 4 is 11.6 Å². The topological polar surface area (TPSA) is 35.2 Å². The molecule has 0 amide bonds. The SMILES string of the molecule is COc1ccc(Cl)cc1CC1(N)CC(C)CC(C)C1. The van der Waals surface area contributed by atoms with Crippen LogP contribution in [0.2, 0.25) is 5.02 Å². The van der Waals surface area contributed by atoms with Crippen molar-refractivity contribution in [3.05, 3.63) is 28.8 Å². The Morgan fingerprint density at radius 2 is 1.95 bits per heavy atom. The third kappa shape index (κ3) is 3.64. The van der Waals surface area contributed by atoms with E-state index >= 15 is 0 Å². The second-order valence-corrected chi connectivity index (χ2v) is 6.79. The molecule has 2 unspecified atom stereocenters. The first kappa shape index (κ1) is 14.7. The summed E-state index contributed by atoms with van der Waals surface area (Å²) in [6.07, 6.45) is 4.27. The van der Waals surface area contributed by atoms with E-state index in [0.717, 1.165) is 35.6 Å². The van der Waals surface area contributed by atoms with E-state index in [9.17, 15) is 0 Å². The van der Waals surface area contributed by atoms with Gasteiger partial charge in [0.1, 0.15) is 5.75 Å². The minimum atomic E-state index is -0.130. The van der Waals surface area contributed by atoms with E-state index in [1.807, 2.05) is 18.2 Å². The lowest BCUT2D eigenvalue weighted by atomic mass is 9.70. The van der Waals surface area contributed by atoms with E-state index in [-0.39, 0.29) is 5.54 Å². The number of hydrogen-bond acceptors (Lipinski definition) is 2. The van der Waals surface area contributed by atoms with Gasteiger partial charge >= 0.3 is 0 Å². The summed E-state index contributed by atoms with van der Waals surface area (Å²) in [7, 11) is 1.70. The fourth-order valence-corrected chi connectivity index (χ4v) is 3.93. The molecule has 0 heterocycles. The van der Waals surface area contributed by atoms with E-state index in [1.54, 1.807) is 7.11 Å².